The van der Waals surface area contributed by atoms with Crippen molar-refractivity contribution in [1.29, 1.82) is 5.26 Å². The van der Waals surface area contributed by atoms with Crippen molar-refractivity contribution in [2.75, 3.05) is 32.7 Å². The van der Waals surface area contributed by atoms with Crippen LogP contribution in [0.25, 0.3) is 0 Å². The molecule has 120 valence electrons. The summed E-state index contributed by atoms with van der Waals surface area (Å²) >= 11 is 0. The Balaban J connectivity index is 1.96. The molecule has 0 aliphatic carbocycles. The minimum atomic E-state index is -0.684. The topological polar surface area (TPSA) is 68.5 Å². The summed E-state index contributed by atoms with van der Waals surface area (Å²) in [5.74, 6) is 0.692. The summed E-state index contributed by atoms with van der Waals surface area (Å²) in [5, 5.41) is 22.6. The lowest BCUT2D eigenvalue weighted by Crippen LogP contribution is -2.52. The van der Waals surface area contributed by atoms with Crippen molar-refractivity contribution in [3.05, 3.63) is 29.8 Å². The number of aliphatic hydroxyl groups excluding tert-OH is 1. The lowest BCUT2D eigenvalue weighted by molar-refractivity contribution is -0.0456. The fourth-order valence-electron chi connectivity index (χ4n) is 2.54. The molecule has 2 rings (SSSR count). The van der Waals surface area contributed by atoms with Crippen LogP contribution < -0.4 is 10.1 Å². The predicted molar refractivity (Wildman–Crippen MR) is 85.8 cm³/mol. The average molecular weight is 303 g/mol. The zero-order valence-corrected chi connectivity index (χ0v) is 13.4. The van der Waals surface area contributed by atoms with Gasteiger partial charge in [0.15, 0.2) is 0 Å². The largest absolute Gasteiger partial charge is 0.485 e. The highest BCUT2D eigenvalue weighted by Gasteiger charge is 2.31. The van der Waals surface area contributed by atoms with Crippen molar-refractivity contribution in [2.24, 2.45) is 0 Å². The molecule has 1 saturated heterocycles. The summed E-state index contributed by atoms with van der Waals surface area (Å²) < 4.78 is 5.99. The van der Waals surface area contributed by atoms with Crippen LogP contribution >= 0.6 is 0 Å². The fraction of sp³-hybridized carbons (Fsp3) is 0.588. The van der Waals surface area contributed by atoms with Crippen LogP contribution in [0.15, 0.2) is 24.3 Å². The zero-order chi connectivity index (χ0) is 16.0. The molecule has 1 fully saturated rings. The summed E-state index contributed by atoms with van der Waals surface area (Å²) in [5.41, 5.74) is 0.239. The Morgan fingerprint density at radius 3 is 2.82 bits per heavy atom. The molecule has 0 bridgehead atoms. The van der Waals surface area contributed by atoms with Crippen LogP contribution in [0.5, 0.6) is 5.75 Å². The zero-order valence-electron chi connectivity index (χ0n) is 13.4. The maximum Gasteiger partial charge on any atom is 0.130 e. The van der Waals surface area contributed by atoms with Gasteiger partial charge in [0.05, 0.1) is 12.5 Å². The third-order valence-electron chi connectivity index (χ3n) is 4.01. The molecule has 5 heteroatoms. The quantitative estimate of drug-likeness (QED) is 0.826. The fourth-order valence-corrected chi connectivity index (χ4v) is 2.54. The Bertz CT molecular complexity index is 519. The van der Waals surface area contributed by atoms with Crippen LogP contribution in [0.3, 0.4) is 0 Å². The first-order chi connectivity index (χ1) is 10.5. The van der Waals surface area contributed by atoms with E-state index in [1.807, 2.05) is 38.1 Å². The summed E-state index contributed by atoms with van der Waals surface area (Å²) in [7, 11) is 0. The van der Waals surface area contributed by atoms with E-state index in [0.717, 1.165) is 31.7 Å². The van der Waals surface area contributed by atoms with E-state index in [-0.39, 0.29) is 0 Å². The second-order valence-electron chi connectivity index (χ2n) is 6.25. The molecule has 0 amide bonds. The molecule has 1 aliphatic heterocycles. The normalized spacial score (nSPS) is 17.7. The molecule has 1 unspecified atom stereocenters. The van der Waals surface area contributed by atoms with E-state index in [9.17, 15) is 5.11 Å². The Kier molecular flexibility index (Phi) is 5.78. The van der Waals surface area contributed by atoms with Gasteiger partial charge in [-0.2, -0.15) is 5.26 Å². The summed E-state index contributed by atoms with van der Waals surface area (Å²) in [6, 6.07) is 9.64. The Morgan fingerprint density at radius 2 is 2.14 bits per heavy atom. The number of nitriles is 1. The molecule has 5 nitrogen and oxygen atoms in total. The van der Waals surface area contributed by atoms with E-state index in [1.165, 1.54) is 0 Å². The first-order valence-electron chi connectivity index (χ1n) is 7.77. The highest BCUT2D eigenvalue weighted by atomic mass is 16.5. The molecule has 1 aliphatic rings. The number of benzene rings is 1. The molecule has 1 heterocycles. The molecule has 1 aromatic carbocycles. The summed E-state index contributed by atoms with van der Waals surface area (Å²) in [6.07, 6.45) is -0.216. The van der Waals surface area contributed by atoms with Crippen LogP contribution in [-0.4, -0.2) is 54.4 Å². The molecule has 1 aromatic rings. The van der Waals surface area contributed by atoms with Crippen LogP contribution in [0.1, 0.15) is 19.4 Å². The lowest BCUT2D eigenvalue weighted by atomic mass is 10.0. The molecule has 2 N–H and O–H groups in total. The first kappa shape index (κ1) is 16.8. The van der Waals surface area contributed by atoms with Gasteiger partial charge in [-0.15, -0.1) is 0 Å². The molecular weight excluding hydrogens is 278 g/mol. The Morgan fingerprint density at radius 1 is 1.41 bits per heavy atom. The van der Waals surface area contributed by atoms with Gasteiger partial charge in [0.25, 0.3) is 0 Å². The maximum absolute atomic E-state index is 10.5. The molecule has 0 spiro atoms. The van der Waals surface area contributed by atoms with Gasteiger partial charge in [-0.05, 0) is 31.5 Å². The van der Waals surface area contributed by atoms with Crippen molar-refractivity contribution in [3.63, 3.8) is 0 Å². The highest BCUT2D eigenvalue weighted by molar-refractivity contribution is 5.30. The third kappa shape index (κ3) is 4.70. The third-order valence-corrected chi connectivity index (χ3v) is 4.01. The average Bonchev–Trinajstić information content (AvgIpc) is 2.48. The number of nitrogens with one attached hydrogen (secondary N) is 1. The Hall–Kier alpha value is -1.61. The number of nitrogens with zero attached hydrogens (tertiary/aromatic N) is 2. The number of aliphatic hydroxyl groups is 1. The SMILES string of the molecule is CC(C)(Oc1cccc(CC#N)c1)C(O)CN1CCNCC1. The minimum Gasteiger partial charge on any atom is -0.485 e. The van der Waals surface area contributed by atoms with E-state index >= 15 is 0 Å². The standard InChI is InChI=1S/C17H25N3O2/c1-17(2,16(21)13-20-10-8-19-9-11-20)22-15-5-3-4-14(12-15)6-7-18/h3-5,12,16,19,21H,6,8-11,13H2,1-2H3. The van der Waals surface area contributed by atoms with Crippen LogP contribution in [0.2, 0.25) is 0 Å². The maximum atomic E-state index is 10.5. The number of hydrogen-bond acceptors (Lipinski definition) is 5. The van der Waals surface area contributed by atoms with Gasteiger partial charge in [0.1, 0.15) is 17.5 Å². The first-order valence-corrected chi connectivity index (χ1v) is 7.77. The number of ether oxygens (including phenoxy) is 1. The van der Waals surface area contributed by atoms with Crippen LogP contribution in [0, 0.1) is 11.3 Å². The highest BCUT2D eigenvalue weighted by Crippen LogP contribution is 2.23. The van der Waals surface area contributed by atoms with Gasteiger partial charge in [0, 0.05) is 32.7 Å². The van der Waals surface area contributed by atoms with Crippen molar-refractivity contribution in [2.45, 2.75) is 32.0 Å². The van der Waals surface area contributed by atoms with Crippen LogP contribution in [0.4, 0.5) is 0 Å². The predicted octanol–water partition coefficient (Wildman–Crippen LogP) is 1.18. The van der Waals surface area contributed by atoms with Crippen molar-refractivity contribution < 1.29 is 9.84 Å². The monoisotopic (exact) mass is 303 g/mol. The number of rotatable bonds is 6. The van der Waals surface area contributed by atoms with Gasteiger partial charge in [0.2, 0.25) is 0 Å². The smallest absolute Gasteiger partial charge is 0.130 e. The second-order valence-corrected chi connectivity index (χ2v) is 6.25. The minimum absolute atomic E-state index is 0.362. The molecular formula is C17H25N3O2. The van der Waals surface area contributed by atoms with Crippen molar-refractivity contribution in [3.8, 4) is 11.8 Å². The number of piperazine rings is 1. The molecule has 0 saturated carbocycles. The molecule has 22 heavy (non-hydrogen) atoms. The second kappa shape index (κ2) is 7.59. The van der Waals surface area contributed by atoms with E-state index in [2.05, 4.69) is 16.3 Å². The molecule has 0 aromatic heterocycles. The lowest BCUT2D eigenvalue weighted by Gasteiger charge is -2.36. The summed E-state index contributed by atoms with van der Waals surface area (Å²) in [4.78, 5) is 2.25. The molecule has 1 atom stereocenters. The van der Waals surface area contributed by atoms with Gasteiger partial charge in [-0.25, -0.2) is 0 Å². The van der Waals surface area contributed by atoms with E-state index < -0.39 is 11.7 Å². The van der Waals surface area contributed by atoms with Gasteiger partial charge in [-0.1, -0.05) is 12.1 Å². The van der Waals surface area contributed by atoms with E-state index in [4.69, 9.17) is 10.00 Å². The van der Waals surface area contributed by atoms with Gasteiger partial charge >= 0.3 is 0 Å². The van der Waals surface area contributed by atoms with E-state index in [1.54, 1.807) is 0 Å². The summed E-state index contributed by atoms with van der Waals surface area (Å²) in [6.45, 7) is 8.23. The molecule has 0 radical (unpaired) electrons. The van der Waals surface area contributed by atoms with Gasteiger partial charge in [-0.3, -0.25) is 4.90 Å². The number of hydrogen-bond donors (Lipinski definition) is 2. The van der Waals surface area contributed by atoms with Crippen LogP contribution in [-0.2, 0) is 6.42 Å². The Labute approximate surface area is 132 Å². The van der Waals surface area contributed by atoms with E-state index in [0.29, 0.717) is 18.7 Å². The van der Waals surface area contributed by atoms with Crippen molar-refractivity contribution >= 4 is 0 Å². The van der Waals surface area contributed by atoms with Gasteiger partial charge < -0.3 is 15.2 Å². The number of β-amino-alcohol motifs (C(OH)–C–C–N with tert-alkyl or cyclic N) is 1. The van der Waals surface area contributed by atoms with Crippen molar-refractivity contribution in [1.82, 2.24) is 10.2 Å².